The number of phenols is 1. The summed E-state index contributed by atoms with van der Waals surface area (Å²) in [5.41, 5.74) is 5.26. The summed E-state index contributed by atoms with van der Waals surface area (Å²) in [7, 11) is 0. The lowest BCUT2D eigenvalue weighted by Gasteiger charge is -2.07. The van der Waals surface area contributed by atoms with Crippen LogP contribution in [0.15, 0.2) is 47.6 Å². The van der Waals surface area contributed by atoms with Gasteiger partial charge in [0.15, 0.2) is 0 Å². The van der Waals surface area contributed by atoms with E-state index in [4.69, 9.17) is 0 Å². The lowest BCUT2D eigenvalue weighted by atomic mass is 10.2. The summed E-state index contributed by atoms with van der Waals surface area (Å²) in [6.07, 6.45) is 1.53. The lowest BCUT2D eigenvalue weighted by molar-refractivity contribution is -0.119. The minimum Gasteiger partial charge on any atom is -0.507 e. The second kappa shape index (κ2) is 7.79. The summed E-state index contributed by atoms with van der Waals surface area (Å²) in [4.78, 5) is 11.7. The third kappa shape index (κ3) is 4.73. The Morgan fingerprint density at radius 1 is 1.32 bits per heavy atom. The zero-order valence-corrected chi connectivity index (χ0v) is 14.2. The van der Waals surface area contributed by atoms with Gasteiger partial charge in [0.25, 0.3) is 5.91 Å². The van der Waals surface area contributed by atoms with Gasteiger partial charge in [-0.05, 0) is 64.9 Å². The van der Waals surface area contributed by atoms with Crippen LogP contribution in [-0.2, 0) is 4.79 Å². The number of hydrazone groups is 1. The highest BCUT2D eigenvalue weighted by Gasteiger charge is 2.01. The molecule has 2 aromatic carbocycles. The van der Waals surface area contributed by atoms with Crippen molar-refractivity contribution in [2.75, 3.05) is 11.9 Å². The van der Waals surface area contributed by atoms with Gasteiger partial charge >= 0.3 is 0 Å². The van der Waals surface area contributed by atoms with Gasteiger partial charge in [0.2, 0.25) is 0 Å². The third-order valence-corrected chi connectivity index (χ3v) is 3.82. The first-order valence-electron chi connectivity index (χ1n) is 6.66. The van der Waals surface area contributed by atoms with Gasteiger partial charge in [-0.15, -0.1) is 0 Å². The molecule has 1 amide bonds. The number of anilines is 1. The summed E-state index contributed by atoms with van der Waals surface area (Å²) in [5.74, 6) is -0.00260. The molecule has 0 aliphatic carbocycles. The maximum Gasteiger partial charge on any atom is 0.259 e. The van der Waals surface area contributed by atoms with Crippen LogP contribution in [0, 0.1) is 10.5 Å². The zero-order chi connectivity index (χ0) is 15.9. The van der Waals surface area contributed by atoms with E-state index in [2.05, 4.69) is 15.8 Å². The van der Waals surface area contributed by atoms with E-state index in [9.17, 15) is 9.90 Å². The molecule has 5 nitrogen and oxygen atoms in total. The molecule has 0 unspecified atom stereocenters. The van der Waals surface area contributed by atoms with Crippen molar-refractivity contribution < 1.29 is 9.90 Å². The molecule has 22 heavy (non-hydrogen) atoms. The van der Waals surface area contributed by atoms with Gasteiger partial charge in [0.05, 0.1) is 16.3 Å². The number of nitrogens with zero attached hydrogens (tertiary/aromatic N) is 1. The molecule has 0 radical (unpaired) electrons. The molecule has 0 saturated heterocycles. The van der Waals surface area contributed by atoms with E-state index in [0.29, 0.717) is 0 Å². The fraction of sp³-hybridized carbons (Fsp3) is 0.125. The van der Waals surface area contributed by atoms with E-state index in [1.54, 1.807) is 18.2 Å². The van der Waals surface area contributed by atoms with Crippen molar-refractivity contribution in [3.63, 3.8) is 0 Å². The molecule has 0 heterocycles. The van der Waals surface area contributed by atoms with Crippen molar-refractivity contribution in [1.29, 1.82) is 0 Å². The molecule has 0 spiro atoms. The normalized spacial score (nSPS) is 10.6. The van der Waals surface area contributed by atoms with Crippen LogP contribution in [0.3, 0.4) is 0 Å². The third-order valence-electron chi connectivity index (χ3n) is 2.96. The predicted octanol–water partition coefficient (Wildman–Crippen LogP) is 2.87. The number of phenolic OH excluding ortho intramolecular Hbond substituents is 1. The molecule has 0 aromatic heterocycles. The van der Waals surface area contributed by atoms with E-state index in [1.807, 2.05) is 53.8 Å². The van der Waals surface area contributed by atoms with Gasteiger partial charge in [-0.2, -0.15) is 5.10 Å². The molecular formula is C16H16IN3O2. The summed E-state index contributed by atoms with van der Waals surface area (Å²) < 4.78 is 0.731. The van der Waals surface area contributed by atoms with Gasteiger partial charge in [0, 0.05) is 5.69 Å². The summed E-state index contributed by atoms with van der Waals surface area (Å²) in [6, 6.07) is 12.8. The van der Waals surface area contributed by atoms with Gasteiger partial charge in [-0.3, -0.25) is 4.79 Å². The number of aromatic hydroxyl groups is 1. The molecule has 114 valence electrons. The SMILES string of the molecule is Cc1ccccc1NCC(=O)N/N=C\c1ccc(O)c(I)c1. The molecular weight excluding hydrogens is 393 g/mol. The van der Waals surface area contributed by atoms with Crippen LogP contribution in [0.1, 0.15) is 11.1 Å². The average molecular weight is 409 g/mol. The van der Waals surface area contributed by atoms with Crippen LogP contribution >= 0.6 is 22.6 Å². The zero-order valence-electron chi connectivity index (χ0n) is 12.0. The topological polar surface area (TPSA) is 73.7 Å². The Bertz CT molecular complexity index is 702. The maximum absolute atomic E-state index is 11.7. The van der Waals surface area contributed by atoms with Crippen molar-refractivity contribution in [3.05, 3.63) is 57.2 Å². The van der Waals surface area contributed by atoms with E-state index in [1.165, 1.54) is 6.21 Å². The summed E-state index contributed by atoms with van der Waals surface area (Å²) >= 11 is 2.03. The number of halogens is 1. The largest absolute Gasteiger partial charge is 0.507 e. The van der Waals surface area contributed by atoms with Crippen molar-refractivity contribution in [1.82, 2.24) is 5.43 Å². The number of hydrogen-bond donors (Lipinski definition) is 3. The Labute approximate surface area is 142 Å². The lowest BCUT2D eigenvalue weighted by Crippen LogP contribution is -2.26. The number of benzene rings is 2. The number of hydrogen-bond acceptors (Lipinski definition) is 4. The number of nitrogens with one attached hydrogen (secondary N) is 2. The molecule has 0 aliphatic rings. The van der Waals surface area contributed by atoms with Crippen molar-refractivity contribution in [2.45, 2.75) is 6.92 Å². The molecule has 6 heteroatoms. The second-order valence-electron chi connectivity index (χ2n) is 4.67. The molecule has 0 bridgehead atoms. The van der Waals surface area contributed by atoms with E-state index in [0.717, 1.165) is 20.4 Å². The quantitative estimate of drug-likeness (QED) is 0.404. The Balaban J connectivity index is 1.83. The Morgan fingerprint density at radius 2 is 2.09 bits per heavy atom. The highest BCUT2D eigenvalue weighted by Crippen LogP contribution is 2.19. The van der Waals surface area contributed by atoms with Crippen LogP contribution in [0.4, 0.5) is 5.69 Å². The Hall–Kier alpha value is -2.09. The first kappa shape index (κ1) is 16.3. The van der Waals surface area contributed by atoms with Gasteiger partial charge in [0.1, 0.15) is 5.75 Å². The first-order valence-corrected chi connectivity index (χ1v) is 7.74. The highest BCUT2D eigenvalue weighted by atomic mass is 127. The fourth-order valence-corrected chi connectivity index (χ4v) is 2.31. The molecule has 2 rings (SSSR count). The van der Waals surface area contributed by atoms with Crippen LogP contribution < -0.4 is 10.7 Å². The smallest absolute Gasteiger partial charge is 0.259 e. The molecule has 0 fully saturated rings. The van der Waals surface area contributed by atoms with Crippen LogP contribution in [0.5, 0.6) is 5.75 Å². The fourth-order valence-electron chi connectivity index (χ4n) is 1.77. The predicted molar refractivity (Wildman–Crippen MR) is 96.2 cm³/mol. The highest BCUT2D eigenvalue weighted by molar-refractivity contribution is 14.1. The van der Waals surface area contributed by atoms with Gasteiger partial charge in [-0.1, -0.05) is 18.2 Å². The minimum absolute atomic E-state index is 0.148. The first-order chi connectivity index (χ1) is 10.6. The molecule has 0 atom stereocenters. The number of carbonyl (C=O) groups excluding carboxylic acids is 1. The number of amides is 1. The number of carbonyl (C=O) groups is 1. The average Bonchev–Trinajstić information content (AvgIpc) is 2.50. The molecule has 3 N–H and O–H groups in total. The van der Waals surface area contributed by atoms with E-state index in [-0.39, 0.29) is 18.2 Å². The Morgan fingerprint density at radius 3 is 2.82 bits per heavy atom. The van der Waals surface area contributed by atoms with Gasteiger partial charge in [-0.25, -0.2) is 5.43 Å². The maximum atomic E-state index is 11.7. The van der Waals surface area contributed by atoms with Crippen molar-refractivity contribution in [2.24, 2.45) is 5.10 Å². The minimum atomic E-state index is -0.229. The van der Waals surface area contributed by atoms with E-state index < -0.39 is 0 Å². The Kier molecular flexibility index (Phi) is 5.76. The second-order valence-corrected chi connectivity index (χ2v) is 5.83. The van der Waals surface area contributed by atoms with Crippen LogP contribution in [-0.4, -0.2) is 23.8 Å². The summed E-state index contributed by atoms with van der Waals surface area (Å²) in [6.45, 7) is 2.13. The van der Waals surface area contributed by atoms with Crippen molar-refractivity contribution >= 4 is 40.4 Å². The molecule has 0 saturated carbocycles. The van der Waals surface area contributed by atoms with E-state index >= 15 is 0 Å². The number of para-hydroxylation sites is 1. The summed E-state index contributed by atoms with van der Waals surface area (Å²) in [5, 5.41) is 16.4. The monoisotopic (exact) mass is 409 g/mol. The standard InChI is InChI=1S/C16H16IN3O2/c1-11-4-2-3-5-14(11)18-10-16(22)20-19-9-12-6-7-15(21)13(17)8-12/h2-9,18,21H,10H2,1H3,(H,20,22)/b19-9-. The molecule has 2 aromatic rings. The number of aryl methyl sites for hydroxylation is 1. The van der Waals surface area contributed by atoms with Crippen LogP contribution in [0.25, 0.3) is 0 Å². The molecule has 0 aliphatic heterocycles. The van der Waals surface area contributed by atoms with Crippen molar-refractivity contribution in [3.8, 4) is 5.75 Å². The van der Waals surface area contributed by atoms with Gasteiger partial charge < -0.3 is 10.4 Å². The van der Waals surface area contributed by atoms with Crippen LogP contribution in [0.2, 0.25) is 0 Å². The number of rotatable bonds is 5.